The Balaban J connectivity index is 1.53. The first kappa shape index (κ1) is 17.5. The molecule has 0 bridgehead atoms. The van der Waals surface area contributed by atoms with Gasteiger partial charge >= 0.3 is 0 Å². The number of amides is 1. The third-order valence-corrected chi connectivity index (χ3v) is 4.57. The Hall–Kier alpha value is -2.30. The fraction of sp³-hybridized carbons (Fsp3) is 0.500. The summed E-state index contributed by atoms with van der Waals surface area (Å²) in [5, 5.41) is 6.91. The van der Waals surface area contributed by atoms with E-state index in [0.29, 0.717) is 11.4 Å². The Labute approximate surface area is 148 Å². The van der Waals surface area contributed by atoms with Crippen molar-refractivity contribution in [1.29, 1.82) is 0 Å². The zero-order valence-electron chi connectivity index (χ0n) is 14.8. The predicted molar refractivity (Wildman–Crippen MR) is 97.2 cm³/mol. The normalized spacial score (nSPS) is 13.3. The molecule has 1 heterocycles. The molecule has 2 aromatic rings. The number of nitrogens with one attached hydrogen (secondary N) is 1. The minimum Gasteiger partial charge on any atom is -0.494 e. The lowest BCUT2D eigenvalue weighted by molar-refractivity contribution is 0.102. The molecule has 0 unspecified atom stereocenters. The second-order valence-corrected chi connectivity index (χ2v) is 6.53. The number of nitrogens with zero attached hydrogens (tertiary/aromatic N) is 1. The Morgan fingerprint density at radius 2 is 1.96 bits per heavy atom. The third kappa shape index (κ3) is 4.62. The third-order valence-electron chi connectivity index (χ3n) is 4.57. The molecule has 3 rings (SSSR count). The highest BCUT2D eigenvalue weighted by Gasteiger charge is 2.21. The molecule has 0 aliphatic heterocycles. The van der Waals surface area contributed by atoms with Gasteiger partial charge in [-0.2, -0.15) is 0 Å². The van der Waals surface area contributed by atoms with E-state index in [1.807, 2.05) is 12.1 Å². The molecule has 0 saturated heterocycles. The van der Waals surface area contributed by atoms with Gasteiger partial charge < -0.3 is 9.26 Å². The highest BCUT2D eigenvalue weighted by atomic mass is 16.5. The summed E-state index contributed by atoms with van der Waals surface area (Å²) in [5.41, 5.74) is 2.61. The molecule has 0 atom stereocenters. The van der Waals surface area contributed by atoms with Crippen LogP contribution in [-0.4, -0.2) is 17.7 Å². The quantitative estimate of drug-likeness (QED) is 0.702. The van der Waals surface area contributed by atoms with Gasteiger partial charge in [0.15, 0.2) is 0 Å². The van der Waals surface area contributed by atoms with Crippen LogP contribution >= 0.6 is 0 Å². The van der Waals surface area contributed by atoms with Crippen LogP contribution in [0.1, 0.15) is 67.1 Å². The maximum atomic E-state index is 12.4. The molecule has 5 nitrogen and oxygen atoms in total. The highest BCUT2D eigenvalue weighted by Crippen LogP contribution is 2.28. The number of benzene rings is 1. The first-order chi connectivity index (χ1) is 12.3. The van der Waals surface area contributed by atoms with Gasteiger partial charge in [-0.25, -0.2) is 0 Å². The lowest BCUT2D eigenvalue weighted by Crippen LogP contribution is -2.13. The van der Waals surface area contributed by atoms with E-state index >= 15 is 0 Å². The van der Waals surface area contributed by atoms with E-state index in [1.165, 1.54) is 19.3 Å². The molecule has 0 saturated carbocycles. The number of aromatic nitrogens is 1. The van der Waals surface area contributed by atoms with Crippen LogP contribution in [0.3, 0.4) is 0 Å². The summed E-state index contributed by atoms with van der Waals surface area (Å²) in [5.74, 6) is 1.11. The van der Waals surface area contributed by atoms with Crippen LogP contribution in [0.15, 0.2) is 28.8 Å². The van der Waals surface area contributed by atoms with E-state index in [4.69, 9.17) is 9.26 Å². The molecular weight excluding hydrogens is 316 g/mol. The molecule has 1 aliphatic rings. The number of anilines is 1. The van der Waals surface area contributed by atoms with Crippen molar-refractivity contribution >= 4 is 11.8 Å². The number of fused-ring (bicyclic) bond motifs is 1. The van der Waals surface area contributed by atoms with Gasteiger partial charge in [0.05, 0.1) is 12.3 Å². The van der Waals surface area contributed by atoms with Gasteiger partial charge in [0.25, 0.3) is 5.91 Å². The minimum atomic E-state index is -0.181. The largest absolute Gasteiger partial charge is 0.494 e. The smallest absolute Gasteiger partial charge is 0.258 e. The highest BCUT2D eigenvalue weighted by molar-refractivity contribution is 6.03. The van der Waals surface area contributed by atoms with Crippen molar-refractivity contribution in [2.24, 2.45) is 0 Å². The van der Waals surface area contributed by atoms with Gasteiger partial charge in [-0.05, 0) is 56.4 Å². The number of aryl methyl sites for hydroxylation is 1. The summed E-state index contributed by atoms with van der Waals surface area (Å²) in [6.07, 6.45) is 8.81. The molecule has 5 heteroatoms. The molecule has 1 aromatic carbocycles. The van der Waals surface area contributed by atoms with E-state index in [-0.39, 0.29) is 5.91 Å². The Morgan fingerprint density at radius 3 is 2.76 bits per heavy atom. The second kappa shape index (κ2) is 8.70. The Morgan fingerprint density at radius 1 is 1.16 bits per heavy atom. The fourth-order valence-electron chi connectivity index (χ4n) is 3.09. The van der Waals surface area contributed by atoms with Crippen molar-refractivity contribution in [3.8, 4) is 5.75 Å². The molecule has 0 fully saturated rings. The number of hydrogen-bond donors (Lipinski definition) is 1. The number of rotatable bonds is 8. The van der Waals surface area contributed by atoms with Gasteiger partial charge in [0, 0.05) is 11.1 Å². The molecule has 1 amide bonds. The first-order valence-corrected chi connectivity index (χ1v) is 9.29. The summed E-state index contributed by atoms with van der Waals surface area (Å²) in [4.78, 5) is 12.4. The molecule has 0 spiro atoms. The first-order valence-electron chi connectivity index (χ1n) is 9.29. The number of ether oxygens (including phenoxy) is 1. The van der Waals surface area contributed by atoms with Gasteiger partial charge in [0.2, 0.25) is 5.88 Å². The van der Waals surface area contributed by atoms with Crippen LogP contribution in [0.25, 0.3) is 0 Å². The van der Waals surface area contributed by atoms with Gasteiger partial charge in [-0.15, -0.1) is 0 Å². The Kier molecular flexibility index (Phi) is 6.09. The monoisotopic (exact) mass is 342 g/mol. The summed E-state index contributed by atoms with van der Waals surface area (Å²) in [6, 6.07) is 7.23. The molecule has 1 N–H and O–H groups in total. The molecule has 1 aliphatic carbocycles. The number of carbonyl (C=O) groups is 1. The fourth-order valence-corrected chi connectivity index (χ4v) is 3.09. The number of unbranched alkanes of at least 4 members (excludes halogenated alkanes) is 3. The SMILES string of the molecule is CCCCCCOc1ccc(C(=O)Nc2onc3c2CCCC3)cc1. The lowest BCUT2D eigenvalue weighted by Gasteiger charge is -2.10. The van der Waals surface area contributed by atoms with E-state index in [1.54, 1.807) is 12.1 Å². The van der Waals surface area contributed by atoms with Crippen molar-refractivity contribution in [1.82, 2.24) is 5.16 Å². The van der Waals surface area contributed by atoms with Crippen LogP contribution in [0.2, 0.25) is 0 Å². The molecule has 25 heavy (non-hydrogen) atoms. The molecule has 1 aromatic heterocycles. The lowest BCUT2D eigenvalue weighted by atomic mass is 9.97. The van der Waals surface area contributed by atoms with Crippen molar-refractivity contribution < 1.29 is 14.1 Å². The molecular formula is C20H26N2O3. The Bertz CT molecular complexity index is 691. The maximum Gasteiger partial charge on any atom is 0.258 e. The summed E-state index contributed by atoms with van der Waals surface area (Å²) in [6.45, 7) is 2.91. The number of hydrogen-bond acceptors (Lipinski definition) is 4. The second-order valence-electron chi connectivity index (χ2n) is 6.53. The topological polar surface area (TPSA) is 64.4 Å². The van der Waals surface area contributed by atoms with Crippen LogP contribution in [0.4, 0.5) is 5.88 Å². The zero-order valence-corrected chi connectivity index (χ0v) is 14.8. The van der Waals surface area contributed by atoms with Gasteiger partial charge in [-0.1, -0.05) is 31.3 Å². The minimum absolute atomic E-state index is 0.181. The van der Waals surface area contributed by atoms with E-state index in [9.17, 15) is 4.79 Å². The zero-order chi connectivity index (χ0) is 17.5. The van der Waals surface area contributed by atoms with Crippen LogP contribution in [0, 0.1) is 0 Å². The average molecular weight is 342 g/mol. The van der Waals surface area contributed by atoms with Gasteiger partial charge in [0.1, 0.15) is 5.75 Å². The summed E-state index contributed by atoms with van der Waals surface area (Å²) >= 11 is 0. The van der Waals surface area contributed by atoms with E-state index in [0.717, 1.165) is 55.7 Å². The number of carbonyl (C=O) groups excluding carboxylic acids is 1. The predicted octanol–water partition coefficient (Wildman–Crippen LogP) is 4.76. The average Bonchev–Trinajstić information content (AvgIpc) is 3.05. The van der Waals surface area contributed by atoms with Crippen molar-refractivity contribution in [3.63, 3.8) is 0 Å². The van der Waals surface area contributed by atoms with Crippen LogP contribution < -0.4 is 10.1 Å². The van der Waals surface area contributed by atoms with Crippen LogP contribution in [0.5, 0.6) is 5.75 Å². The van der Waals surface area contributed by atoms with Crippen molar-refractivity contribution in [3.05, 3.63) is 41.1 Å². The molecule has 134 valence electrons. The van der Waals surface area contributed by atoms with E-state index < -0.39 is 0 Å². The summed E-state index contributed by atoms with van der Waals surface area (Å²) < 4.78 is 11.0. The van der Waals surface area contributed by atoms with Crippen molar-refractivity contribution in [2.45, 2.75) is 58.3 Å². The summed E-state index contributed by atoms with van der Waals surface area (Å²) in [7, 11) is 0. The van der Waals surface area contributed by atoms with Gasteiger partial charge in [-0.3, -0.25) is 10.1 Å². The van der Waals surface area contributed by atoms with Crippen molar-refractivity contribution in [2.75, 3.05) is 11.9 Å². The van der Waals surface area contributed by atoms with E-state index in [2.05, 4.69) is 17.4 Å². The molecule has 0 radical (unpaired) electrons. The maximum absolute atomic E-state index is 12.4. The standard InChI is InChI=1S/C20H26N2O3/c1-2-3-4-7-14-24-16-12-10-15(11-13-16)19(23)21-20-17-8-5-6-9-18(17)22-25-20/h10-13H,2-9,14H2,1H3,(H,21,23). The van der Waals surface area contributed by atoms with Crippen LogP contribution in [-0.2, 0) is 12.8 Å².